The minimum Gasteiger partial charge on any atom is -1.00 e. The maximum absolute atomic E-state index is 10.3. The second kappa shape index (κ2) is 17.7. The van der Waals surface area contributed by atoms with Crippen molar-refractivity contribution in [1.82, 2.24) is 11.5 Å². The molecule has 9 N–H and O–H groups in total. The number of quaternary nitrogens is 1. The summed E-state index contributed by atoms with van der Waals surface area (Å²) in [5.41, 5.74) is -1.35. The van der Waals surface area contributed by atoms with Crippen molar-refractivity contribution >= 4 is 0 Å². The van der Waals surface area contributed by atoms with Gasteiger partial charge in [-0.15, -0.1) is 0 Å². The molecule has 1 aliphatic rings. The van der Waals surface area contributed by atoms with Crippen LogP contribution in [0.3, 0.4) is 0 Å². The van der Waals surface area contributed by atoms with Crippen LogP contribution in [-0.4, -0.2) is 63.2 Å². The van der Waals surface area contributed by atoms with E-state index < -0.39 is 36.2 Å². The van der Waals surface area contributed by atoms with Gasteiger partial charge in [0.2, 0.25) is 0 Å². The summed E-state index contributed by atoms with van der Waals surface area (Å²) < 4.78 is 5.34. The average Bonchev–Trinajstić information content (AvgIpc) is 2.63. The molecule has 0 aliphatic carbocycles. The summed E-state index contributed by atoms with van der Waals surface area (Å²) in [6.07, 6.45) is 10.6. The van der Waals surface area contributed by atoms with Crippen LogP contribution in [0.5, 0.6) is 0 Å². The van der Waals surface area contributed by atoms with Gasteiger partial charge in [0.05, 0.1) is 11.6 Å². The molecule has 0 bridgehead atoms. The molecule has 7 nitrogen and oxygen atoms in total. The molecule has 0 aromatic carbocycles. The molecule has 0 spiro atoms. The highest BCUT2D eigenvalue weighted by Crippen LogP contribution is 2.27. The average molecular weight is 502 g/mol. The van der Waals surface area contributed by atoms with Gasteiger partial charge >= 0.3 is 0 Å². The van der Waals surface area contributed by atoms with Crippen LogP contribution in [0.25, 0.3) is 0 Å². The predicted molar refractivity (Wildman–Crippen MR) is 118 cm³/mol. The Morgan fingerprint density at radius 1 is 0.767 bits per heavy atom. The molecule has 30 heavy (non-hydrogen) atoms. The smallest absolute Gasteiger partial charge is 0.173 e. The van der Waals surface area contributed by atoms with Crippen LogP contribution in [0.15, 0.2) is 0 Å². The van der Waals surface area contributed by atoms with Crippen LogP contribution >= 0.6 is 0 Å². The maximum Gasteiger partial charge on any atom is 0.173 e. The molecule has 184 valence electrons. The SMILES string of the molecule is CCCCCCCCCCCCCCN[C@@H]1C(O)O[C@H](C(C)(C)O)[C@@H](O)[C@@H]1O.[Br-].[NH4+]. The van der Waals surface area contributed by atoms with E-state index in [4.69, 9.17) is 4.74 Å². The van der Waals surface area contributed by atoms with Crippen molar-refractivity contribution in [2.45, 2.75) is 134 Å². The fourth-order valence-corrected chi connectivity index (χ4v) is 3.92. The standard InChI is InChI=1S/C22H45NO5.BrH.H3N/c1-4-5-6-7-8-9-10-11-12-13-14-15-16-23-17-18(24)19(25)20(22(2,3)27)28-21(17)26;;/h17-21,23-27H,4-16H2,1-3H3;1H;1H3/t17-,18+,19-,20-,21?;;/m0../s1. The van der Waals surface area contributed by atoms with Gasteiger partial charge in [-0.3, -0.25) is 0 Å². The van der Waals surface area contributed by atoms with Gasteiger partial charge in [0.25, 0.3) is 0 Å². The van der Waals surface area contributed by atoms with E-state index in [1.54, 1.807) is 0 Å². The Balaban J connectivity index is 0. The van der Waals surface area contributed by atoms with E-state index in [0.717, 1.165) is 12.8 Å². The Labute approximate surface area is 194 Å². The lowest BCUT2D eigenvalue weighted by atomic mass is 9.88. The van der Waals surface area contributed by atoms with Crippen molar-refractivity contribution in [3.05, 3.63) is 0 Å². The Morgan fingerprint density at radius 3 is 1.63 bits per heavy atom. The minimum atomic E-state index is -1.35. The normalized spacial score (nSPS) is 26.7. The predicted octanol–water partition coefficient (Wildman–Crippen LogP) is 0.236. The Morgan fingerprint density at radius 2 is 1.20 bits per heavy atom. The molecule has 0 aromatic rings. The number of ether oxygens (including phenoxy) is 1. The zero-order chi connectivity index (χ0) is 21.0. The number of nitrogens with one attached hydrogen (secondary N) is 1. The van der Waals surface area contributed by atoms with Crippen LogP contribution in [0.2, 0.25) is 0 Å². The summed E-state index contributed by atoms with van der Waals surface area (Å²) >= 11 is 0. The molecule has 0 radical (unpaired) electrons. The summed E-state index contributed by atoms with van der Waals surface area (Å²) in [6.45, 7) is 5.87. The summed E-state index contributed by atoms with van der Waals surface area (Å²) in [5.74, 6) is 0. The molecule has 0 saturated carbocycles. The number of halogens is 1. The summed E-state index contributed by atoms with van der Waals surface area (Å²) in [4.78, 5) is 0. The van der Waals surface area contributed by atoms with Crippen molar-refractivity contribution in [2.75, 3.05) is 6.54 Å². The second-order valence-corrected chi connectivity index (χ2v) is 8.95. The molecule has 1 fully saturated rings. The first kappa shape index (κ1) is 32.4. The van der Waals surface area contributed by atoms with Crippen LogP contribution in [0.1, 0.15) is 97.8 Å². The molecule has 1 aliphatic heterocycles. The Hall–Kier alpha value is 0.200. The summed E-state index contributed by atoms with van der Waals surface area (Å²) in [6, 6.07) is -0.749. The molecule has 1 rings (SSSR count). The van der Waals surface area contributed by atoms with Crippen LogP contribution in [0.4, 0.5) is 0 Å². The lowest BCUT2D eigenvalue weighted by molar-refractivity contribution is -0.281. The largest absolute Gasteiger partial charge is 1.00 e. The highest BCUT2D eigenvalue weighted by Gasteiger charge is 2.48. The van der Waals surface area contributed by atoms with Crippen molar-refractivity contribution in [3.63, 3.8) is 0 Å². The van der Waals surface area contributed by atoms with Gasteiger partial charge in [-0.2, -0.15) is 0 Å². The number of aliphatic hydroxyl groups excluding tert-OH is 3. The second-order valence-electron chi connectivity index (χ2n) is 8.95. The minimum absolute atomic E-state index is 0. The number of unbranched alkanes of at least 4 members (excludes halogenated alkanes) is 11. The molecule has 1 heterocycles. The van der Waals surface area contributed by atoms with Crippen molar-refractivity contribution in [1.29, 1.82) is 0 Å². The first-order valence-corrected chi connectivity index (χ1v) is 11.4. The number of rotatable bonds is 15. The van der Waals surface area contributed by atoms with E-state index >= 15 is 0 Å². The van der Waals surface area contributed by atoms with E-state index in [-0.39, 0.29) is 23.1 Å². The van der Waals surface area contributed by atoms with E-state index in [1.807, 2.05) is 0 Å². The van der Waals surface area contributed by atoms with Gasteiger partial charge in [0, 0.05) is 0 Å². The number of aliphatic hydroxyl groups is 4. The van der Waals surface area contributed by atoms with Gasteiger partial charge < -0.3 is 53.6 Å². The first-order chi connectivity index (χ1) is 13.3. The number of hydrogen-bond acceptors (Lipinski definition) is 6. The summed E-state index contributed by atoms with van der Waals surface area (Å²) in [7, 11) is 0. The molecule has 1 unspecified atom stereocenters. The summed E-state index contributed by atoms with van der Waals surface area (Å²) in [5, 5.41) is 43.7. The number of hydrogen-bond donors (Lipinski definition) is 6. The van der Waals surface area contributed by atoms with Gasteiger partial charge in [-0.25, -0.2) is 0 Å². The third kappa shape index (κ3) is 12.3. The Kier molecular flexibility index (Phi) is 19.1. The fourth-order valence-electron chi connectivity index (χ4n) is 3.92. The van der Waals surface area contributed by atoms with Crippen molar-refractivity contribution in [2.24, 2.45) is 0 Å². The monoisotopic (exact) mass is 500 g/mol. The lowest BCUT2D eigenvalue weighted by Crippen LogP contribution is -3.00. The third-order valence-corrected chi connectivity index (χ3v) is 5.73. The molecule has 5 atom stereocenters. The fraction of sp³-hybridized carbons (Fsp3) is 1.00. The molecular formula is C22H49BrN2O5. The first-order valence-electron chi connectivity index (χ1n) is 11.4. The zero-order valence-corrected chi connectivity index (χ0v) is 21.2. The molecular weight excluding hydrogens is 452 g/mol. The highest BCUT2D eigenvalue weighted by atomic mass is 79.9. The van der Waals surface area contributed by atoms with Crippen molar-refractivity contribution in [3.8, 4) is 0 Å². The van der Waals surface area contributed by atoms with E-state index in [1.165, 1.54) is 78.1 Å². The maximum atomic E-state index is 10.3. The molecule has 1 saturated heterocycles. The Bertz CT molecular complexity index is 398. The highest BCUT2D eigenvalue weighted by molar-refractivity contribution is 4.98. The third-order valence-electron chi connectivity index (χ3n) is 5.73. The molecule has 0 aromatic heterocycles. The van der Waals surface area contributed by atoms with Gasteiger partial charge in [0.1, 0.15) is 18.3 Å². The van der Waals surface area contributed by atoms with E-state index in [9.17, 15) is 20.4 Å². The van der Waals surface area contributed by atoms with Crippen LogP contribution in [-0.2, 0) is 4.74 Å². The van der Waals surface area contributed by atoms with E-state index in [0.29, 0.717) is 6.54 Å². The zero-order valence-electron chi connectivity index (χ0n) is 19.7. The van der Waals surface area contributed by atoms with Gasteiger partial charge in [0.15, 0.2) is 6.29 Å². The van der Waals surface area contributed by atoms with Gasteiger partial charge in [-0.05, 0) is 26.8 Å². The topological polar surface area (TPSA) is 139 Å². The van der Waals surface area contributed by atoms with E-state index in [2.05, 4.69) is 12.2 Å². The quantitative estimate of drug-likeness (QED) is 0.178. The molecule has 8 heteroatoms. The van der Waals surface area contributed by atoms with Crippen LogP contribution in [0, 0.1) is 0 Å². The van der Waals surface area contributed by atoms with Crippen LogP contribution < -0.4 is 28.4 Å². The molecule has 0 amide bonds. The van der Waals surface area contributed by atoms with Crippen molar-refractivity contribution < 1.29 is 42.1 Å². The van der Waals surface area contributed by atoms with Gasteiger partial charge in [-0.1, -0.05) is 77.6 Å². The lowest BCUT2D eigenvalue weighted by Gasteiger charge is -2.45.